The number of fused-ring (bicyclic) bond motifs is 3. The molecule has 1 aliphatic heterocycles. The van der Waals surface area contributed by atoms with Gasteiger partial charge in [0.2, 0.25) is 0 Å². The molecule has 0 aromatic heterocycles. The summed E-state index contributed by atoms with van der Waals surface area (Å²) in [6, 6.07) is 6.92. The first-order chi connectivity index (χ1) is 12.7. The summed E-state index contributed by atoms with van der Waals surface area (Å²) >= 11 is 0. The Kier molecular flexibility index (Phi) is 3.63. The number of hydrogen-bond acceptors (Lipinski definition) is 2. The second-order valence-electron chi connectivity index (χ2n) is 8.00. The van der Waals surface area contributed by atoms with Crippen molar-refractivity contribution in [3.05, 3.63) is 50.9 Å². The van der Waals surface area contributed by atoms with Crippen LogP contribution < -0.4 is 20.5 Å². The zero-order valence-corrected chi connectivity index (χ0v) is 16.1. The zero-order valence-electron chi connectivity index (χ0n) is 16.1. The summed E-state index contributed by atoms with van der Waals surface area (Å²) < 4.78 is 6.59. The van der Waals surface area contributed by atoms with Gasteiger partial charge in [0.05, 0.1) is 0 Å². The van der Waals surface area contributed by atoms with Crippen molar-refractivity contribution in [2.45, 2.75) is 59.3 Å². The minimum absolute atomic E-state index is 0.927. The molecule has 0 fully saturated rings. The normalized spacial score (nSPS) is 17.2. The van der Waals surface area contributed by atoms with Crippen LogP contribution in [0.5, 0.6) is 11.5 Å². The second-order valence-corrected chi connectivity index (χ2v) is 8.00. The SMILES string of the molecule is CCNc1cc2c(cc1C)C(C)=c1cc3c4c(c1O2)CCCC=4CCC3. The highest BCUT2D eigenvalue weighted by molar-refractivity contribution is 5.78. The molecule has 0 radical (unpaired) electrons. The Hall–Kier alpha value is -2.22. The van der Waals surface area contributed by atoms with Crippen LogP contribution in [-0.2, 0) is 12.8 Å². The predicted molar refractivity (Wildman–Crippen MR) is 109 cm³/mol. The summed E-state index contributed by atoms with van der Waals surface area (Å²) in [4.78, 5) is 0. The fourth-order valence-electron chi connectivity index (χ4n) is 5.10. The van der Waals surface area contributed by atoms with Crippen LogP contribution in [-0.4, -0.2) is 6.54 Å². The third kappa shape index (κ3) is 2.24. The number of ether oxygens (including phenoxy) is 1. The highest BCUT2D eigenvalue weighted by Gasteiger charge is 2.26. The Morgan fingerprint density at radius 2 is 1.81 bits per heavy atom. The van der Waals surface area contributed by atoms with E-state index in [1.54, 1.807) is 16.4 Å². The molecule has 2 heteroatoms. The molecule has 26 heavy (non-hydrogen) atoms. The molecule has 0 saturated carbocycles. The summed E-state index contributed by atoms with van der Waals surface area (Å²) in [5.41, 5.74) is 9.80. The maximum Gasteiger partial charge on any atom is 0.138 e. The molecular weight excluding hydrogens is 318 g/mol. The molecule has 0 saturated heterocycles. The van der Waals surface area contributed by atoms with E-state index in [2.05, 4.69) is 44.3 Å². The van der Waals surface area contributed by atoms with Crippen molar-refractivity contribution in [1.29, 1.82) is 0 Å². The zero-order chi connectivity index (χ0) is 17.8. The molecular formula is C24H27NO. The third-order valence-electron chi connectivity index (χ3n) is 6.36. The topological polar surface area (TPSA) is 21.3 Å². The average molecular weight is 345 g/mol. The molecule has 1 heterocycles. The Morgan fingerprint density at radius 1 is 1.00 bits per heavy atom. The van der Waals surface area contributed by atoms with E-state index in [0.29, 0.717) is 0 Å². The summed E-state index contributed by atoms with van der Waals surface area (Å²) in [6.45, 7) is 7.51. The highest BCUT2D eigenvalue weighted by atomic mass is 16.5. The minimum Gasteiger partial charge on any atom is -0.456 e. The van der Waals surface area contributed by atoms with Crippen LogP contribution in [0, 0.1) is 6.92 Å². The van der Waals surface area contributed by atoms with Crippen molar-refractivity contribution in [2.75, 3.05) is 11.9 Å². The third-order valence-corrected chi connectivity index (χ3v) is 6.36. The van der Waals surface area contributed by atoms with Gasteiger partial charge in [0.15, 0.2) is 0 Å². The van der Waals surface area contributed by atoms with E-state index < -0.39 is 0 Å². The summed E-state index contributed by atoms with van der Waals surface area (Å²) in [5, 5.41) is 6.36. The molecule has 0 bridgehead atoms. The lowest BCUT2D eigenvalue weighted by Crippen LogP contribution is -2.32. The van der Waals surface area contributed by atoms with E-state index in [1.165, 1.54) is 65.3 Å². The highest BCUT2D eigenvalue weighted by Crippen LogP contribution is 2.39. The van der Waals surface area contributed by atoms with E-state index in [4.69, 9.17) is 4.74 Å². The average Bonchev–Trinajstić information content (AvgIpc) is 2.65. The van der Waals surface area contributed by atoms with Crippen molar-refractivity contribution in [1.82, 2.24) is 0 Å². The van der Waals surface area contributed by atoms with Gasteiger partial charge in [-0.2, -0.15) is 0 Å². The van der Waals surface area contributed by atoms with Gasteiger partial charge in [0, 0.05) is 34.6 Å². The van der Waals surface area contributed by atoms with Gasteiger partial charge in [-0.3, -0.25) is 0 Å². The van der Waals surface area contributed by atoms with Crippen LogP contribution in [0.15, 0.2) is 18.2 Å². The fraction of sp³-hybridized carbons (Fsp3) is 0.417. The van der Waals surface area contributed by atoms with E-state index in [1.807, 2.05) is 0 Å². The van der Waals surface area contributed by atoms with Gasteiger partial charge >= 0.3 is 0 Å². The van der Waals surface area contributed by atoms with E-state index in [0.717, 1.165) is 24.5 Å². The molecule has 5 rings (SSSR count). The Bertz CT molecular complexity index is 1040. The smallest absolute Gasteiger partial charge is 0.138 e. The van der Waals surface area contributed by atoms with Crippen molar-refractivity contribution in [3.63, 3.8) is 0 Å². The number of nitrogens with one attached hydrogen (secondary N) is 1. The predicted octanol–water partition coefficient (Wildman–Crippen LogP) is 4.57. The van der Waals surface area contributed by atoms with E-state index in [9.17, 15) is 0 Å². The maximum atomic E-state index is 6.59. The summed E-state index contributed by atoms with van der Waals surface area (Å²) in [6.07, 6.45) is 7.51. The molecule has 2 aliphatic carbocycles. The number of rotatable bonds is 2. The van der Waals surface area contributed by atoms with Crippen LogP contribution in [0.2, 0.25) is 0 Å². The van der Waals surface area contributed by atoms with Gasteiger partial charge in [-0.05, 0) is 93.3 Å². The first kappa shape index (κ1) is 16.0. The summed E-state index contributed by atoms with van der Waals surface area (Å²) in [5.74, 6) is 2.15. The molecule has 3 aliphatic rings. The van der Waals surface area contributed by atoms with Gasteiger partial charge in [0.1, 0.15) is 11.5 Å². The van der Waals surface area contributed by atoms with Crippen molar-refractivity contribution >= 4 is 16.8 Å². The first-order valence-electron chi connectivity index (χ1n) is 10.1. The van der Waals surface area contributed by atoms with Crippen LogP contribution in [0.25, 0.3) is 11.1 Å². The lowest BCUT2D eigenvalue weighted by atomic mass is 9.81. The van der Waals surface area contributed by atoms with Gasteiger partial charge in [0.25, 0.3) is 0 Å². The van der Waals surface area contributed by atoms with Gasteiger partial charge in [-0.1, -0.05) is 5.57 Å². The lowest BCUT2D eigenvalue weighted by Gasteiger charge is -2.28. The van der Waals surface area contributed by atoms with Crippen LogP contribution in [0.1, 0.15) is 61.8 Å². The summed E-state index contributed by atoms with van der Waals surface area (Å²) in [7, 11) is 0. The molecule has 0 spiro atoms. The Labute approximate surface area is 155 Å². The maximum absolute atomic E-state index is 6.59. The van der Waals surface area contributed by atoms with E-state index in [-0.39, 0.29) is 0 Å². The standard InChI is InChI=1S/C24H27NO/c1-4-25-21-13-22-19(11-14(21)2)15(3)20-12-17-9-5-7-16-8-6-10-18(23(16)17)24(20)26-22/h11-13,25H,4-10H2,1-3H3. The number of anilines is 1. The number of hydrogen-bond donors (Lipinski definition) is 1. The molecule has 2 aromatic rings. The molecule has 1 N–H and O–H groups in total. The second kappa shape index (κ2) is 5.90. The molecule has 0 atom stereocenters. The lowest BCUT2D eigenvalue weighted by molar-refractivity contribution is 0.461. The Morgan fingerprint density at radius 3 is 2.62 bits per heavy atom. The van der Waals surface area contributed by atoms with Crippen molar-refractivity contribution in [3.8, 4) is 11.5 Å². The first-order valence-corrected chi connectivity index (χ1v) is 10.1. The van der Waals surface area contributed by atoms with Crippen LogP contribution >= 0.6 is 0 Å². The minimum atomic E-state index is 0.927. The van der Waals surface area contributed by atoms with Crippen LogP contribution in [0.4, 0.5) is 5.69 Å². The largest absolute Gasteiger partial charge is 0.456 e. The molecule has 0 unspecified atom stereocenters. The monoisotopic (exact) mass is 345 g/mol. The fourth-order valence-corrected chi connectivity index (χ4v) is 5.10. The van der Waals surface area contributed by atoms with Gasteiger partial charge in [-0.15, -0.1) is 0 Å². The van der Waals surface area contributed by atoms with Gasteiger partial charge in [-0.25, -0.2) is 0 Å². The van der Waals surface area contributed by atoms with Crippen molar-refractivity contribution < 1.29 is 4.74 Å². The quantitative estimate of drug-likeness (QED) is 0.860. The molecule has 2 aromatic carbocycles. The van der Waals surface area contributed by atoms with Crippen molar-refractivity contribution in [2.24, 2.45) is 0 Å². The van der Waals surface area contributed by atoms with E-state index >= 15 is 0 Å². The number of aryl methyl sites for hydroxylation is 2. The Balaban J connectivity index is 1.81. The molecule has 2 nitrogen and oxygen atoms in total. The van der Waals surface area contributed by atoms with Crippen LogP contribution in [0.3, 0.4) is 0 Å². The molecule has 134 valence electrons. The molecule has 0 amide bonds. The van der Waals surface area contributed by atoms with Gasteiger partial charge < -0.3 is 10.1 Å². The number of benzene rings is 2.